The lowest BCUT2D eigenvalue weighted by atomic mass is 9.96. The van der Waals surface area contributed by atoms with Gasteiger partial charge < -0.3 is 5.32 Å². The lowest BCUT2D eigenvalue weighted by Crippen LogP contribution is -2.16. The van der Waals surface area contributed by atoms with E-state index >= 15 is 0 Å². The number of nitrogens with one attached hydrogen (secondary N) is 1. The highest BCUT2D eigenvalue weighted by atomic mass is 19.1. The van der Waals surface area contributed by atoms with Crippen LogP contribution in [0.5, 0.6) is 0 Å². The Morgan fingerprint density at radius 3 is 2.57 bits per heavy atom. The molecule has 0 bridgehead atoms. The Balaban J connectivity index is 1.49. The molecule has 2 aromatic rings. The van der Waals surface area contributed by atoms with Gasteiger partial charge in [-0.3, -0.25) is 4.68 Å². The quantitative estimate of drug-likeness (QED) is 0.906. The fraction of sp³-hybridized carbons (Fsp3) is 0.471. The second kappa shape index (κ2) is 6.85. The van der Waals surface area contributed by atoms with Gasteiger partial charge in [-0.25, -0.2) is 4.39 Å². The second-order valence-electron chi connectivity index (χ2n) is 5.81. The zero-order valence-electron chi connectivity index (χ0n) is 12.3. The van der Waals surface area contributed by atoms with Crippen molar-refractivity contribution in [2.75, 3.05) is 0 Å². The van der Waals surface area contributed by atoms with Crippen molar-refractivity contribution < 1.29 is 4.39 Å². The molecule has 112 valence electrons. The summed E-state index contributed by atoms with van der Waals surface area (Å²) in [4.78, 5) is 0. The molecule has 3 rings (SSSR count). The number of halogens is 1. The van der Waals surface area contributed by atoms with Crippen LogP contribution in [0.1, 0.15) is 49.4 Å². The highest BCUT2D eigenvalue weighted by Gasteiger charge is 2.15. The molecule has 0 atom stereocenters. The first-order chi connectivity index (χ1) is 10.3. The highest BCUT2D eigenvalue weighted by Crippen LogP contribution is 2.27. The first-order valence-electron chi connectivity index (χ1n) is 7.80. The van der Waals surface area contributed by atoms with Crippen LogP contribution in [0.2, 0.25) is 0 Å². The van der Waals surface area contributed by atoms with E-state index in [4.69, 9.17) is 0 Å². The van der Waals surface area contributed by atoms with Crippen LogP contribution in [0.25, 0.3) is 0 Å². The molecule has 1 aromatic heterocycles. The number of rotatable bonds is 5. The summed E-state index contributed by atoms with van der Waals surface area (Å²) in [6, 6.07) is 9.28. The first-order valence-corrected chi connectivity index (χ1v) is 7.80. The van der Waals surface area contributed by atoms with Crippen molar-refractivity contribution in [2.24, 2.45) is 0 Å². The van der Waals surface area contributed by atoms with Crippen molar-refractivity contribution in [3.63, 3.8) is 0 Å². The standard InChI is InChI=1S/C17H22FN3/c18-15-8-6-14(7-9-15)12-19-13-16-10-11-21(20-16)17-4-2-1-3-5-17/h6-11,17,19H,1-5,12-13H2. The summed E-state index contributed by atoms with van der Waals surface area (Å²) < 4.78 is 15.0. The first kappa shape index (κ1) is 14.3. The van der Waals surface area contributed by atoms with E-state index in [1.807, 2.05) is 12.1 Å². The Morgan fingerprint density at radius 2 is 1.81 bits per heavy atom. The van der Waals surface area contributed by atoms with Crippen LogP contribution in [0.15, 0.2) is 36.5 Å². The smallest absolute Gasteiger partial charge is 0.123 e. The van der Waals surface area contributed by atoms with E-state index in [-0.39, 0.29) is 5.82 Å². The molecule has 3 nitrogen and oxygen atoms in total. The maximum absolute atomic E-state index is 12.8. The summed E-state index contributed by atoms with van der Waals surface area (Å²) in [6.07, 6.45) is 8.62. The molecule has 0 radical (unpaired) electrons. The molecule has 0 spiro atoms. The van der Waals surface area contributed by atoms with E-state index in [0.717, 1.165) is 24.3 Å². The predicted octanol–water partition coefficient (Wildman–Crippen LogP) is 3.82. The number of nitrogens with zero attached hydrogens (tertiary/aromatic N) is 2. The molecule has 1 N–H and O–H groups in total. The monoisotopic (exact) mass is 287 g/mol. The minimum atomic E-state index is -0.190. The average Bonchev–Trinajstić information content (AvgIpc) is 2.99. The third-order valence-corrected chi connectivity index (χ3v) is 4.16. The molecule has 21 heavy (non-hydrogen) atoms. The number of aromatic nitrogens is 2. The Bertz CT molecular complexity index is 556. The number of hydrogen-bond acceptors (Lipinski definition) is 2. The third kappa shape index (κ3) is 3.91. The molecule has 1 aliphatic rings. The molecule has 1 aromatic carbocycles. The van der Waals surface area contributed by atoms with E-state index < -0.39 is 0 Å². The minimum Gasteiger partial charge on any atom is -0.307 e. The van der Waals surface area contributed by atoms with E-state index in [1.54, 1.807) is 0 Å². The van der Waals surface area contributed by atoms with Gasteiger partial charge in [0.25, 0.3) is 0 Å². The molecule has 0 amide bonds. The Labute approximate surface area is 125 Å². The number of benzene rings is 1. The summed E-state index contributed by atoms with van der Waals surface area (Å²) in [7, 11) is 0. The third-order valence-electron chi connectivity index (χ3n) is 4.16. The van der Waals surface area contributed by atoms with Crippen LogP contribution in [0.3, 0.4) is 0 Å². The lowest BCUT2D eigenvalue weighted by Gasteiger charge is -2.21. The molecule has 4 heteroatoms. The Kier molecular flexibility index (Phi) is 4.65. The second-order valence-corrected chi connectivity index (χ2v) is 5.81. The normalized spacial score (nSPS) is 16.2. The molecule has 0 aliphatic heterocycles. The maximum atomic E-state index is 12.8. The van der Waals surface area contributed by atoms with Gasteiger partial charge >= 0.3 is 0 Å². The van der Waals surface area contributed by atoms with E-state index in [1.165, 1.54) is 44.2 Å². The zero-order chi connectivity index (χ0) is 14.5. The Morgan fingerprint density at radius 1 is 1.05 bits per heavy atom. The molecule has 1 fully saturated rings. The topological polar surface area (TPSA) is 29.9 Å². The van der Waals surface area contributed by atoms with Crippen LogP contribution in [-0.2, 0) is 13.1 Å². The van der Waals surface area contributed by atoms with Gasteiger partial charge in [0.05, 0.1) is 11.7 Å². The van der Waals surface area contributed by atoms with Crippen LogP contribution in [0, 0.1) is 5.82 Å². The fourth-order valence-electron chi connectivity index (χ4n) is 2.96. The molecule has 1 aliphatic carbocycles. The van der Waals surface area contributed by atoms with E-state index in [9.17, 15) is 4.39 Å². The largest absolute Gasteiger partial charge is 0.307 e. The van der Waals surface area contributed by atoms with Crippen LogP contribution >= 0.6 is 0 Å². The van der Waals surface area contributed by atoms with Crippen molar-refractivity contribution in [3.05, 3.63) is 53.6 Å². The van der Waals surface area contributed by atoms with Crippen molar-refractivity contribution in [3.8, 4) is 0 Å². The van der Waals surface area contributed by atoms with E-state index in [0.29, 0.717) is 6.04 Å². The van der Waals surface area contributed by atoms with Crippen molar-refractivity contribution in [1.82, 2.24) is 15.1 Å². The maximum Gasteiger partial charge on any atom is 0.123 e. The summed E-state index contributed by atoms with van der Waals surface area (Å²) >= 11 is 0. The van der Waals surface area contributed by atoms with Gasteiger partial charge in [-0.05, 0) is 36.6 Å². The average molecular weight is 287 g/mol. The van der Waals surface area contributed by atoms with Gasteiger partial charge in [0, 0.05) is 19.3 Å². The van der Waals surface area contributed by atoms with Gasteiger partial charge in [-0.1, -0.05) is 31.4 Å². The summed E-state index contributed by atoms with van der Waals surface area (Å²) in [5.41, 5.74) is 2.16. The van der Waals surface area contributed by atoms with Gasteiger partial charge in [0.1, 0.15) is 5.82 Å². The van der Waals surface area contributed by atoms with Gasteiger partial charge in [0.15, 0.2) is 0 Å². The SMILES string of the molecule is Fc1ccc(CNCc2ccn(C3CCCCC3)n2)cc1. The zero-order valence-corrected chi connectivity index (χ0v) is 12.3. The minimum absolute atomic E-state index is 0.190. The van der Waals surface area contributed by atoms with Crippen molar-refractivity contribution in [1.29, 1.82) is 0 Å². The molecule has 1 heterocycles. The fourth-order valence-corrected chi connectivity index (χ4v) is 2.96. The van der Waals surface area contributed by atoms with Gasteiger partial charge in [0.2, 0.25) is 0 Å². The lowest BCUT2D eigenvalue weighted by molar-refractivity contribution is 0.327. The highest BCUT2D eigenvalue weighted by molar-refractivity contribution is 5.15. The van der Waals surface area contributed by atoms with Crippen LogP contribution in [0.4, 0.5) is 4.39 Å². The summed E-state index contributed by atoms with van der Waals surface area (Å²) in [5.74, 6) is -0.190. The van der Waals surface area contributed by atoms with Gasteiger partial charge in [-0.15, -0.1) is 0 Å². The molecule has 0 saturated heterocycles. The van der Waals surface area contributed by atoms with Crippen LogP contribution < -0.4 is 5.32 Å². The van der Waals surface area contributed by atoms with E-state index in [2.05, 4.69) is 27.4 Å². The summed E-state index contributed by atoms with van der Waals surface area (Å²) in [5, 5.41) is 8.03. The van der Waals surface area contributed by atoms with Crippen molar-refractivity contribution >= 4 is 0 Å². The molecule has 0 unspecified atom stereocenters. The summed E-state index contributed by atoms with van der Waals surface area (Å²) in [6.45, 7) is 1.48. The molecule has 1 saturated carbocycles. The Hall–Kier alpha value is -1.68. The molecular formula is C17H22FN3. The molecular weight excluding hydrogens is 265 g/mol. The van der Waals surface area contributed by atoms with Crippen molar-refractivity contribution in [2.45, 2.75) is 51.2 Å². The van der Waals surface area contributed by atoms with Gasteiger partial charge in [-0.2, -0.15) is 5.10 Å². The predicted molar refractivity (Wildman–Crippen MR) is 81.3 cm³/mol. The number of hydrogen-bond donors (Lipinski definition) is 1. The van der Waals surface area contributed by atoms with Crippen LogP contribution in [-0.4, -0.2) is 9.78 Å².